The monoisotopic (exact) mass is 214 g/mol. The van der Waals surface area contributed by atoms with Crippen molar-refractivity contribution in [1.29, 1.82) is 0 Å². The first-order valence-corrected chi connectivity index (χ1v) is 3.89. The second-order valence-corrected chi connectivity index (χ2v) is 2.34. The lowest BCUT2D eigenvalue weighted by molar-refractivity contribution is -0.139. The van der Waals surface area contributed by atoms with Crippen molar-refractivity contribution in [3.05, 3.63) is 23.1 Å². The Labute approximate surface area is 85.2 Å². The van der Waals surface area contributed by atoms with Crippen molar-refractivity contribution >= 4 is 12.1 Å². The molecule has 0 spiro atoms. The first-order valence-electron chi connectivity index (χ1n) is 3.89. The summed E-state index contributed by atoms with van der Waals surface area (Å²) in [6.45, 7) is 2.90. The minimum absolute atomic E-state index is 0.0281. The minimum atomic E-state index is -1.31. The minimum Gasteiger partial charge on any atom is -0.480 e. The van der Waals surface area contributed by atoms with Crippen LogP contribution in [0.5, 0.6) is 0 Å². The second kappa shape index (κ2) is 7.22. The Hall–Kier alpha value is -2.21. The summed E-state index contributed by atoms with van der Waals surface area (Å²) in [6, 6.07) is -1.29. The molecular weight excluding hydrogens is 204 g/mol. The molecule has 0 aromatic carbocycles. The van der Waals surface area contributed by atoms with Gasteiger partial charge in [0, 0.05) is 4.91 Å². The summed E-state index contributed by atoms with van der Waals surface area (Å²) in [5, 5.41) is 13.6. The molecule has 0 aromatic rings. The molecule has 8 nitrogen and oxygen atoms in total. The molecule has 0 heterocycles. The standard InChI is InChI=1S/C7H10N4O4/c1-2-3-15-7(14)10-5(6(12)13)4-9-11-8/h2,5H,1,3-4H2,(H,10,14)(H,12,13)/t5-/m1/s1. The van der Waals surface area contributed by atoms with Crippen LogP contribution in [0.2, 0.25) is 0 Å². The second-order valence-electron chi connectivity index (χ2n) is 2.34. The van der Waals surface area contributed by atoms with Gasteiger partial charge in [0.1, 0.15) is 12.6 Å². The lowest BCUT2D eigenvalue weighted by Gasteiger charge is -2.11. The molecule has 0 saturated heterocycles. The van der Waals surface area contributed by atoms with Gasteiger partial charge in [0.25, 0.3) is 0 Å². The Morgan fingerprint density at radius 2 is 2.40 bits per heavy atom. The van der Waals surface area contributed by atoms with Gasteiger partial charge in [-0.3, -0.25) is 0 Å². The van der Waals surface area contributed by atoms with Gasteiger partial charge in [-0.25, -0.2) is 9.59 Å². The van der Waals surface area contributed by atoms with Crippen molar-refractivity contribution < 1.29 is 19.4 Å². The quantitative estimate of drug-likeness (QED) is 0.291. The highest BCUT2D eigenvalue weighted by atomic mass is 16.5. The van der Waals surface area contributed by atoms with E-state index < -0.39 is 18.1 Å². The third-order valence-electron chi connectivity index (χ3n) is 1.25. The summed E-state index contributed by atoms with van der Waals surface area (Å²) in [5.74, 6) is -1.31. The van der Waals surface area contributed by atoms with E-state index in [0.29, 0.717) is 0 Å². The number of amides is 1. The van der Waals surface area contributed by atoms with Crippen LogP contribution >= 0.6 is 0 Å². The van der Waals surface area contributed by atoms with Gasteiger partial charge >= 0.3 is 12.1 Å². The number of aliphatic carboxylic acids is 1. The first kappa shape index (κ1) is 12.8. The lowest BCUT2D eigenvalue weighted by atomic mass is 10.3. The number of alkyl carbamates (subject to hydrolysis) is 1. The fraction of sp³-hybridized carbons (Fsp3) is 0.429. The van der Waals surface area contributed by atoms with Gasteiger partial charge in [0.2, 0.25) is 0 Å². The summed E-state index contributed by atoms with van der Waals surface area (Å²) in [7, 11) is 0. The van der Waals surface area contributed by atoms with E-state index in [1.54, 1.807) is 0 Å². The third-order valence-corrected chi connectivity index (χ3v) is 1.25. The zero-order valence-corrected chi connectivity index (χ0v) is 7.79. The van der Waals surface area contributed by atoms with Crippen molar-refractivity contribution in [1.82, 2.24) is 5.32 Å². The van der Waals surface area contributed by atoms with Crippen LogP contribution in [0.15, 0.2) is 17.8 Å². The fourth-order valence-electron chi connectivity index (χ4n) is 0.622. The Balaban J connectivity index is 4.15. The van der Waals surface area contributed by atoms with Crippen molar-refractivity contribution in [3.8, 4) is 0 Å². The summed E-state index contributed by atoms with van der Waals surface area (Å²) < 4.78 is 4.49. The van der Waals surface area contributed by atoms with E-state index in [2.05, 4.69) is 21.3 Å². The molecule has 0 fully saturated rings. The highest BCUT2D eigenvalue weighted by molar-refractivity contribution is 5.80. The number of hydrogen-bond donors (Lipinski definition) is 2. The molecule has 2 N–H and O–H groups in total. The highest BCUT2D eigenvalue weighted by Crippen LogP contribution is 1.89. The van der Waals surface area contributed by atoms with Gasteiger partial charge in [-0.1, -0.05) is 17.8 Å². The molecule has 0 aromatic heterocycles. The number of carboxylic acid groups (broad SMARTS) is 1. The summed E-state index contributed by atoms with van der Waals surface area (Å²) in [4.78, 5) is 23.8. The largest absolute Gasteiger partial charge is 0.480 e. The number of azide groups is 1. The molecule has 1 amide bonds. The summed E-state index contributed by atoms with van der Waals surface area (Å²) >= 11 is 0. The van der Waals surface area contributed by atoms with Gasteiger partial charge in [-0.05, 0) is 5.53 Å². The Bertz CT molecular complexity index is 297. The van der Waals surface area contributed by atoms with Crippen molar-refractivity contribution in [3.63, 3.8) is 0 Å². The van der Waals surface area contributed by atoms with E-state index in [-0.39, 0.29) is 13.2 Å². The normalized spacial score (nSPS) is 10.7. The molecule has 1 atom stereocenters. The third kappa shape index (κ3) is 5.94. The van der Waals surface area contributed by atoms with Crippen molar-refractivity contribution in [2.24, 2.45) is 5.11 Å². The highest BCUT2D eigenvalue weighted by Gasteiger charge is 2.19. The van der Waals surface area contributed by atoms with E-state index in [1.807, 2.05) is 5.32 Å². The van der Waals surface area contributed by atoms with E-state index in [1.165, 1.54) is 6.08 Å². The molecule has 0 radical (unpaired) electrons. The van der Waals surface area contributed by atoms with E-state index >= 15 is 0 Å². The van der Waals surface area contributed by atoms with Crippen LogP contribution in [0.25, 0.3) is 10.4 Å². The maximum Gasteiger partial charge on any atom is 0.408 e. The fourth-order valence-corrected chi connectivity index (χ4v) is 0.622. The van der Waals surface area contributed by atoms with Gasteiger partial charge in [-0.15, -0.1) is 0 Å². The van der Waals surface area contributed by atoms with Crippen LogP contribution in [-0.2, 0) is 9.53 Å². The molecule has 0 aliphatic rings. The summed E-state index contributed by atoms with van der Waals surface area (Å²) in [6.07, 6.45) is 0.429. The molecule has 82 valence electrons. The molecule has 0 aliphatic heterocycles. The number of carbonyl (C=O) groups excluding carboxylic acids is 1. The van der Waals surface area contributed by atoms with Gasteiger partial charge in [0.05, 0.1) is 6.54 Å². The summed E-state index contributed by atoms with van der Waals surface area (Å²) in [5.41, 5.74) is 7.98. The Morgan fingerprint density at radius 3 is 2.87 bits per heavy atom. The number of nitrogens with zero attached hydrogens (tertiary/aromatic N) is 3. The van der Waals surface area contributed by atoms with Crippen LogP contribution in [0.1, 0.15) is 0 Å². The molecule has 0 unspecified atom stereocenters. The van der Waals surface area contributed by atoms with E-state index in [0.717, 1.165) is 0 Å². The van der Waals surface area contributed by atoms with Crippen LogP contribution in [0.4, 0.5) is 4.79 Å². The number of rotatable bonds is 6. The molecule has 15 heavy (non-hydrogen) atoms. The number of carboxylic acids is 1. The predicted octanol–water partition coefficient (Wildman–Crippen LogP) is 0.662. The van der Waals surface area contributed by atoms with E-state index in [4.69, 9.17) is 10.6 Å². The van der Waals surface area contributed by atoms with Crippen LogP contribution in [0, 0.1) is 0 Å². The average Bonchev–Trinajstić information content (AvgIpc) is 2.20. The van der Waals surface area contributed by atoms with Crippen molar-refractivity contribution in [2.45, 2.75) is 6.04 Å². The maximum absolute atomic E-state index is 10.9. The van der Waals surface area contributed by atoms with Crippen LogP contribution in [0.3, 0.4) is 0 Å². The molecule has 0 saturated carbocycles. The number of ether oxygens (including phenoxy) is 1. The SMILES string of the molecule is C=CCOC(=O)N[C@H](CN=[N+]=[N-])C(=O)O. The zero-order chi connectivity index (χ0) is 11.7. The van der Waals surface area contributed by atoms with Gasteiger partial charge < -0.3 is 15.2 Å². The Kier molecular flexibility index (Phi) is 6.15. The maximum atomic E-state index is 10.9. The Morgan fingerprint density at radius 1 is 1.73 bits per heavy atom. The smallest absolute Gasteiger partial charge is 0.408 e. The lowest BCUT2D eigenvalue weighted by Crippen LogP contribution is -2.43. The van der Waals surface area contributed by atoms with Crippen LogP contribution in [-0.4, -0.2) is 36.4 Å². The number of nitrogens with one attached hydrogen (secondary N) is 1. The molecular formula is C7H10N4O4. The van der Waals surface area contributed by atoms with Crippen molar-refractivity contribution in [2.75, 3.05) is 13.2 Å². The topological polar surface area (TPSA) is 124 Å². The van der Waals surface area contributed by atoms with Gasteiger partial charge in [0.15, 0.2) is 0 Å². The molecule has 8 heteroatoms. The van der Waals surface area contributed by atoms with E-state index in [9.17, 15) is 9.59 Å². The molecule has 0 rings (SSSR count). The first-order chi connectivity index (χ1) is 7.11. The van der Waals surface area contributed by atoms with Crippen LogP contribution < -0.4 is 5.32 Å². The predicted molar refractivity (Wildman–Crippen MR) is 50.1 cm³/mol. The van der Waals surface area contributed by atoms with Gasteiger partial charge in [-0.2, -0.15) is 0 Å². The number of hydrogen-bond acceptors (Lipinski definition) is 4. The molecule has 0 bridgehead atoms. The molecule has 0 aliphatic carbocycles. The zero-order valence-electron chi connectivity index (χ0n) is 7.79. The number of carbonyl (C=O) groups is 2. The average molecular weight is 214 g/mol.